The summed E-state index contributed by atoms with van der Waals surface area (Å²) in [7, 11) is 0. The summed E-state index contributed by atoms with van der Waals surface area (Å²) in [4.78, 5) is 0. The molecule has 13 atom stereocenters. The largest absolute Gasteiger partial charge is 0.395 e. The molecule has 0 aromatic heterocycles. The van der Waals surface area contributed by atoms with E-state index in [-0.39, 0.29) is 18.4 Å². The summed E-state index contributed by atoms with van der Waals surface area (Å²) in [6.45, 7) is 4.13. The lowest BCUT2D eigenvalue weighted by Crippen LogP contribution is -2.57. The van der Waals surface area contributed by atoms with Crippen LogP contribution in [0.4, 0.5) is 0 Å². The highest BCUT2D eigenvalue weighted by Gasteiger charge is 2.49. The van der Waals surface area contributed by atoms with Gasteiger partial charge in [0.25, 0.3) is 0 Å². The third-order valence-electron chi connectivity index (χ3n) is 6.27. The third-order valence-corrected chi connectivity index (χ3v) is 6.27. The summed E-state index contributed by atoms with van der Waals surface area (Å²) >= 11 is 0. The molecule has 4 unspecified atom stereocenters. The van der Waals surface area contributed by atoms with Gasteiger partial charge in [-0.3, -0.25) is 0 Å². The van der Waals surface area contributed by atoms with Crippen molar-refractivity contribution in [3.63, 3.8) is 0 Å². The lowest BCUT2D eigenvalue weighted by atomic mass is 9.77. The smallest absolute Gasteiger partial charge is 0.187 e. The van der Waals surface area contributed by atoms with Crippen molar-refractivity contribution in [3.05, 3.63) is 0 Å². The maximum atomic E-state index is 10.9. The summed E-state index contributed by atoms with van der Waals surface area (Å²) in [5.74, 6) is -0.333. The first-order valence-electron chi connectivity index (χ1n) is 11.1. The molecule has 1 aliphatic carbocycles. The van der Waals surface area contributed by atoms with E-state index in [0.717, 1.165) is 0 Å². The monoisotopic (exact) mass is 468 g/mol. The Morgan fingerprint density at radius 2 is 1.66 bits per heavy atom. The van der Waals surface area contributed by atoms with E-state index in [1.165, 1.54) is 6.92 Å². The Kier molecular flexibility index (Phi) is 10.7. The van der Waals surface area contributed by atoms with Crippen molar-refractivity contribution >= 4 is 0 Å². The molecule has 1 saturated carbocycles. The van der Waals surface area contributed by atoms with E-state index in [9.17, 15) is 30.6 Å². The van der Waals surface area contributed by atoms with Crippen LogP contribution in [0, 0.1) is 11.8 Å². The van der Waals surface area contributed by atoms with Crippen molar-refractivity contribution in [1.29, 1.82) is 0 Å². The van der Waals surface area contributed by atoms with Gasteiger partial charge in [-0.05, 0) is 25.2 Å². The number of aliphatic hydroxyl groups is 6. The molecule has 0 aromatic rings. The zero-order valence-electron chi connectivity index (χ0n) is 18.8. The average Bonchev–Trinajstić information content (AvgIpc) is 3.03. The van der Waals surface area contributed by atoms with Crippen molar-refractivity contribution in [1.82, 2.24) is 0 Å². The molecule has 32 heavy (non-hydrogen) atoms. The molecular weight excluding hydrogens is 428 g/mol. The highest BCUT2D eigenvalue weighted by Crippen LogP contribution is 2.36. The normalized spacial score (nSPS) is 41.9. The number of nitrogens with two attached hydrogens (primary N) is 2. The first kappa shape index (κ1) is 27.8. The molecular formula is C20H40N2O10. The van der Waals surface area contributed by atoms with Crippen molar-refractivity contribution in [3.8, 4) is 0 Å². The van der Waals surface area contributed by atoms with Crippen LogP contribution < -0.4 is 11.5 Å². The van der Waals surface area contributed by atoms with Gasteiger partial charge in [-0.2, -0.15) is 0 Å². The molecule has 1 saturated heterocycles. The summed E-state index contributed by atoms with van der Waals surface area (Å²) in [5, 5.41) is 60.1. The Morgan fingerprint density at radius 3 is 2.16 bits per heavy atom. The standard InChI is InChI=1S/C20H40N2O10/c1-8-4-9(2)17(31-19(11(22)6-23)30-13(7-24)10(3)25)18(14(8)26)32-20-16(28)15(27)12(5-21)29-20/h8-20,23-28H,4-7,21-22H2,1-3H3/t8-,9?,10+,11+,12-,13?,14-,15?,16+,17-,18?,19-,20+/m1/s1. The first-order chi connectivity index (χ1) is 15.0. The Hall–Kier alpha value is -0.480. The van der Waals surface area contributed by atoms with Crippen molar-refractivity contribution in [2.24, 2.45) is 23.3 Å². The average molecular weight is 469 g/mol. The fourth-order valence-electron chi connectivity index (χ4n) is 4.20. The van der Waals surface area contributed by atoms with Crippen molar-refractivity contribution < 1.29 is 49.6 Å². The minimum atomic E-state index is -1.37. The van der Waals surface area contributed by atoms with Gasteiger partial charge in [-0.25, -0.2) is 0 Å². The van der Waals surface area contributed by atoms with Crippen LogP contribution in [-0.2, 0) is 18.9 Å². The van der Waals surface area contributed by atoms with E-state index >= 15 is 0 Å². The molecule has 1 aliphatic heterocycles. The lowest BCUT2D eigenvalue weighted by Gasteiger charge is -2.45. The van der Waals surface area contributed by atoms with Crippen LogP contribution in [0.5, 0.6) is 0 Å². The predicted molar refractivity (Wildman–Crippen MR) is 111 cm³/mol. The SMILES string of the molecule is CC1C[C@@H](C)[C@@H](O)C(O[C@@H]2O[C@H](CN)C(O)[C@@H]2O)[C@@H]1O[C@@H](OC(CO)[C@H](C)O)[C@@H](N)CO. The summed E-state index contributed by atoms with van der Waals surface area (Å²) in [6.07, 6.45) is -10.2. The van der Waals surface area contributed by atoms with Crippen molar-refractivity contribution in [2.45, 2.75) is 94.6 Å². The van der Waals surface area contributed by atoms with E-state index in [0.29, 0.717) is 6.42 Å². The van der Waals surface area contributed by atoms with Crippen molar-refractivity contribution in [2.75, 3.05) is 19.8 Å². The number of hydrogen-bond donors (Lipinski definition) is 8. The molecule has 0 aromatic carbocycles. The second-order valence-electron chi connectivity index (χ2n) is 8.95. The highest BCUT2D eigenvalue weighted by atomic mass is 16.7. The fraction of sp³-hybridized carbons (Fsp3) is 1.00. The van der Waals surface area contributed by atoms with Gasteiger partial charge in [0.1, 0.15) is 30.5 Å². The molecule has 0 spiro atoms. The van der Waals surface area contributed by atoms with Gasteiger partial charge in [0.2, 0.25) is 0 Å². The van der Waals surface area contributed by atoms with Gasteiger partial charge in [0.15, 0.2) is 12.6 Å². The zero-order chi connectivity index (χ0) is 24.2. The topological polar surface area (TPSA) is 210 Å². The van der Waals surface area contributed by atoms with Crippen LogP contribution in [0.1, 0.15) is 27.2 Å². The zero-order valence-corrected chi connectivity index (χ0v) is 18.8. The second-order valence-corrected chi connectivity index (χ2v) is 8.95. The second kappa shape index (κ2) is 12.3. The van der Waals surface area contributed by atoms with Gasteiger partial charge in [-0.1, -0.05) is 13.8 Å². The molecule has 2 aliphatic rings. The van der Waals surface area contributed by atoms with Gasteiger partial charge in [-0.15, -0.1) is 0 Å². The molecule has 2 fully saturated rings. The van der Waals surface area contributed by atoms with E-state index in [1.807, 2.05) is 13.8 Å². The molecule has 0 radical (unpaired) electrons. The summed E-state index contributed by atoms with van der Waals surface area (Å²) < 4.78 is 23.1. The van der Waals surface area contributed by atoms with Gasteiger partial charge in [0.05, 0.1) is 37.6 Å². The van der Waals surface area contributed by atoms with E-state index in [1.54, 1.807) is 0 Å². The minimum Gasteiger partial charge on any atom is -0.395 e. The number of ether oxygens (including phenoxy) is 4. The van der Waals surface area contributed by atoms with E-state index < -0.39 is 80.7 Å². The Bertz CT molecular complexity index is 558. The minimum absolute atomic E-state index is 0.0266. The Balaban J connectivity index is 2.23. The molecule has 0 bridgehead atoms. The van der Waals surface area contributed by atoms with Crippen LogP contribution in [0.3, 0.4) is 0 Å². The molecule has 12 heteroatoms. The Labute approximate surface area is 188 Å². The van der Waals surface area contributed by atoms with Gasteiger partial charge < -0.3 is 61.1 Å². The fourth-order valence-corrected chi connectivity index (χ4v) is 4.20. The van der Waals surface area contributed by atoms with Crippen LogP contribution >= 0.6 is 0 Å². The first-order valence-corrected chi connectivity index (χ1v) is 11.1. The third kappa shape index (κ3) is 6.34. The highest BCUT2D eigenvalue weighted by molar-refractivity contribution is 4.95. The quantitative estimate of drug-likeness (QED) is 0.139. The molecule has 190 valence electrons. The lowest BCUT2D eigenvalue weighted by molar-refractivity contribution is -0.296. The number of aliphatic hydroxyl groups excluding tert-OH is 6. The number of hydrogen-bond acceptors (Lipinski definition) is 12. The number of rotatable bonds is 11. The van der Waals surface area contributed by atoms with Crippen LogP contribution in [-0.4, -0.2) is 118 Å². The molecule has 12 nitrogen and oxygen atoms in total. The predicted octanol–water partition coefficient (Wildman–Crippen LogP) is -3.40. The summed E-state index contributed by atoms with van der Waals surface area (Å²) in [5.41, 5.74) is 11.5. The molecule has 0 amide bonds. The Morgan fingerprint density at radius 1 is 1.00 bits per heavy atom. The van der Waals surface area contributed by atoms with Crippen LogP contribution in [0.2, 0.25) is 0 Å². The molecule has 1 heterocycles. The summed E-state index contributed by atoms with van der Waals surface area (Å²) in [6, 6.07) is -1.01. The van der Waals surface area contributed by atoms with Crippen LogP contribution in [0.15, 0.2) is 0 Å². The van der Waals surface area contributed by atoms with Gasteiger partial charge in [0, 0.05) is 6.54 Å². The molecule has 2 rings (SSSR count). The van der Waals surface area contributed by atoms with E-state index in [2.05, 4.69) is 0 Å². The molecule has 10 N–H and O–H groups in total. The van der Waals surface area contributed by atoms with Gasteiger partial charge >= 0.3 is 0 Å². The van der Waals surface area contributed by atoms with E-state index in [4.69, 9.17) is 30.4 Å². The maximum absolute atomic E-state index is 10.9. The maximum Gasteiger partial charge on any atom is 0.187 e. The van der Waals surface area contributed by atoms with Crippen LogP contribution in [0.25, 0.3) is 0 Å².